The lowest BCUT2D eigenvalue weighted by molar-refractivity contribution is 0.281. The van der Waals surface area contributed by atoms with E-state index in [-0.39, 0.29) is 12.4 Å². The van der Waals surface area contributed by atoms with Gasteiger partial charge >= 0.3 is 0 Å². The molecule has 2 rings (SSSR count). The van der Waals surface area contributed by atoms with Gasteiger partial charge in [0.25, 0.3) is 0 Å². The number of rotatable bonds is 5. The molecule has 0 aliphatic rings. The Hall–Kier alpha value is -1.94. The first-order valence-corrected chi connectivity index (χ1v) is 6.21. The quantitative estimate of drug-likeness (QED) is 0.896. The summed E-state index contributed by atoms with van der Waals surface area (Å²) in [6, 6.07) is 10.3. The van der Waals surface area contributed by atoms with E-state index in [1.54, 1.807) is 12.3 Å². The van der Waals surface area contributed by atoms with Crippen molar-refractivity contribution in [1.82, 2.24) is 4.98 Å². The molecule has 3 nitrogen and oxygen atoms in total. The van der Waals surface area contributed by atoms with E-state index in [9.17, 15) is 9.50 Å². The molecule has 19 heavy (non-hydrogen) atoms. The molecule has 1 aromatic heterocycles. The van der Waals surface area contributed by atoms with Crippen LogP contribution in [0.25, 0.3) is 0 Å². The van der Waals surface area contributed by atoms with E-state index in [0.29, 0.717) is 5.56 Å². The van der Waals surface area contributed by atoms with E-state index < -0.39 is 0 Å². The van der Waals surface area contributed by atoms with Crippen LogP contribution in [-0.4, -0.2) is 23.7 Å². The monoisotopic (exact) mass is 260 g/mol. The molecule has 1 aromatic carbocycles. The minimum Gasteiger partial charge on any atom is -0.392 e. The molecule has 0 saturated carbocycles. The summed E-state index contributed by atoms with van der Waals surface area (Å²) >= 11 is 0. The third-order valence-electron chi connectivity index (χ3n) is 3.05. The van der Waals surface area contributed by atoms with Gasteiger partial charge in [-0.05, 0) is 30.3 Å². The van der Waals surface area contributed by atoms with Crippen molar-refractivity contribution in [2.45, 2.75) is 13.0 Å². The topological polar surface area (TPSA) is 36.4 Å². The molecule has 0 amide bonds. The molecule has 0 aliphatic heterocycles. The highest BCUT2D eigenvalue weighted by atomic mass is 19.1. The average molecular weight is 260 g/mol. The van der Waals surface area contributed by atoms with Crippen LogP contribution in [0.5, 0.6) is 0 Å². The van der Waals surface area contributed by atoms with E-state index >= 15 is 0 Å². The molecule has 4 heteroatoms. The van der Waals surface area contributed by atoms with Gasteiger partial charge in [-0.2, -0.15) is 0 Å². The number of hydrogen-bond donors (Lipinski definition) is 1. The summed E-state index contributed by atoms with van der Waals surface area (Å²) in [5.41, 5.74) is 2.46. The van der Waals surface area contributed by atoms with Crippen LogP contribution in [0.15, 0.2) is 42.6 Å². The minimum absolute atomic E-state index is 0.166. The number of nitrogens with zero attached hydrogens (tertiary/aromatic N) is 2. The molecular weight excluding hydrogens is 243 g/mol. The summed E-state index contributed by atoms with van der Waals surface area (Å²) in [5, 5.41) is 9.27. The lowest BCUT2D eigenvalue weighted by Crippen LogP contribution is -2.22. The number of pyridine rings is 1. The first kappa shape index (κ1) is 13.5. The Labute approximate surface area is 112 Å². The van der Waals surface area contributed by atoms with Crippen LogP contribution in [0.1, 0.15) is 11.3 Å². The van der Waals surface area contributed by atoms with Crippen LogP contribution in [-0.2, 0) is 13.0 Å². The largest absolute Gasteiger partial charge is 0.392 e. The van der Waals surface area contributed by atoms with E-state index in [1.165, 1.54) is 12.1 Å². The highest BCUT2D eigenvalue weighted by Gasteiger charge is 2.08. The van der Waals surface area contributed by atoms with Crippen molar-refractivity contribution in [3.05, 3.63) is 59.7 Å². The number of aliphatic hydroxyl groups is 1. The second-order valence-electron chi connectivity index (χ2n) is 4.42. The van der Waals surface area contributed by atoms with Crippen LogP contribution in [0.3, 0.4) is 0 Å². The van der Waals surface area contributed by atoms with Crippen LogP contribution in [0.2, 0.25) is 0 Å². The molecule has 0 saturated heterocycles. The molecule has 0 unspecified atom stereocenters. The van der Waals surface area contributed by atoms with Crippen molar-refractivity contribution >= 4 is 5.69 Å². The highest BCUT2D eigenvalue weighted by molar-refractivity contribution is 5.53. The number of aromatic nitrogens is 1. The molecular formula is C15H17FN2O. The summed E-state index contributed by atoms with van der Waals surface area (Å²) in [7, 11) is 1.93. The van der Waals surface area contributed by atoms with E-state index in [4.69, 9.17) is 0 Å². The normalized spacial score (nSPS) is 10.5. The fourth-order valence-corrected chi connectivity index (χ4v) is 2.00. The van der Waals surface area contributed by atoms with Crippen LogP contribution >= 0.6 is 0 Å². The Morgan fingerprint density at radius 2 is 2.11 bits per heavy atom. The summed E-state index contributed by atoms with van der Waals surface area (Å²) < 4.78 is 13.1. The molecule has 0 fully saturated rings. The maximum absolute atomic E-state index is 13.1. The Balaban J connectivity index is 2.05. The summed E-state index contributed by atoms with van der Waals surface area (Å²) in [4.78, 5) is 6.26. The van der Waals surface area contributed by atoms with Gasteiger partial charge in [-0.3, -0.25) is 4.98 Å². The van der Waals surface area contributed by atoms with Gasteiger partial charge in [-0.1, -0.05) is 6.07 Å². The molecule has 100 valence electrons. The van der Waals surface area contributed by atoms with Gasteiger partial charge in [0.15, 0.2) is 0 Å². The van der Waals surface area contributed by atoms with E-state index in [2.05, 4.69) is 4.98 Å². The van der Waals surface area contributed by atoms with Gasteiger partial charge in [0, 0.05) is 43.2 Å². The van der Waals surface area contributed by atoms with Gasteiger partial charge in [0.05, 0.1) is 6.61 Å². The van der Waals surface area contributed by atoms with Crippen LogP contribution in [0.4, 0.5) is 10.1 Å². The van der Waals surface area contributed by atoms with Gasteiger partial charge in [0.2, 0.25) is 0 Å². The molecule has 2 aromatic rings. The van der Waals surface area contributed by atoms with Crippen molar-refractivity contribution in [2.24, 2.45) is 0 Å². The fraction of sp³-hybridized carbons (Fsp3) is 0.267. The second-order valence-corrected chi connectivity index (χ2v) is 4.42. The number of benzene rings is 1. The standard InChI is InChI=1S/C15H17FN2O/c1-18(9-7-14-4-2-3-8-17-14)15-6-5-13(16)10-12(15)11-19/h2-6,8,10,19H,7,9,11H2,1H3. The summed E-state index contributed by atoms with van der Waals surface area (Å²) in [6.07, 6.45) is 2.58. The second kappa shape index (κ2) is 6.29. The Morgan fingerprint density at radius 3 is 2.79 bits per heavy atom. The smallest absolute Gasteiger partial charge is 0.123 e. The third-order valence-corrected chi connectivity index (χ3v) is 3.05. The van der Waals surface area contributed by atoms with Crippen LogP contribution < -0.4 is 4.90 Å². The number of likely N-dealkylation sites (N-methyl/N-ethyl adjacent to an activating group) is 1. The summed E-state index contributed by atoms with van der Waals surface area (Å²) in [5.74, 6) is -0.328. The molecule has 0 atom stereocenters. The van der Waals surface area contributed by atoms with Crippen molar-refractivity contribution in [3.63, 3.8) is 0 Å². The molecule has 0 spiro atoms. The average Bonchev–Trinajstić information content (AvgIpc) is 2.45. The zero-order valence-electron chi connectivity index (χ0n) is 10.9. The Morgan fingerprint density at radius 1 is 1.26 bits per heavy atom. The molecule has 1 N–H and O–H groups in total. The Kier molecular flexibility index (Phi) is 4.47. The number of halogens is 1. The number of aliphatic hydroxyl groups excluding tert-OH is 1. The van der Waals surface area contributed by atoms with Crippen molar-refractivity contribution < 1.29 is 9.50 Å². The molecule has 0 aliphatic carbocycles. The van der Waals surface area contributed by atoms with Crippen molar-refractivity contribution in [1.29, 1.82) is 0 Å². The predicted octanol–water partition coefficient (Wildman–Crippen LogP) is 2.39. The predicted molar refractivity (Wildman–Crippen MR) is 73.5 cm³/mol. The maximum atomic E-state index is 13.1. The first-order chi connectivity index (χ1) is 9.20. The molecule has 0 bridgehead atoms. The molecule has 0 radical (unpaired) electrons. The lowest BCUT2D eigenvalue weighted by atomic mass is 10.1. The Bertz CT molecular complexity index is 531. The first-order valence-electron chi connectivity index (χ1n) is 6.21. The van der Waals surface area contributed by atoms with Gasteiger partial charge < -0.3 is 10.0 Å². The zero-order valence-corrected chi connectivity index (χ0v) is 10.9. The van der Waals surface area contributed by atoms with Gasteiger partial charge in [-0.25, -0.2) is 4.39 Å². The summed E-state index contributed by atoms with van der Waals surface area (Å²) in [6.45, 7) is 0.594. The molecule has 1 heterocycles. The van der Waals surface area contributed by atoms with Crippen molar-refractivity contribution in [3.8, 4) is 0 Å². The van der Waals surface area contributed by atoms with Gasteiger partial charge in [0.1, 0.15) is 5.82 Å². The maximum Gasteiger partial charge on any atom is 0.123 e. The van der Waals surface area contributed by atoms with Crippen LogP contribution in [0, 0.1) is 5.82 Å². The number of anilines is 1. The number of hydrogen-bond acceptors (Lipinski definition) is 3. The van der Waals surface area contributed by atoms with Gasteiger partial charge in [-0.15, -0.1) is 0 Å². The minimum atomic E-state index is -0.328. The fourth-order valence-electron chi connectivity index (χ4n) is 2.00. The van der Waals surface area contributed by atoms with E-state index in [1.807, 2.05) is 30.1 Å². The zero-order chi connectivity index (χ0) is 13.7. The third kappa shape index (κ3) is 3.51. The SMILES string of the molecule is CN(CCc1ccccn1)c1ccc(F)cc1CO. The van der Waals surface area contributed by atoms with Crippen molar-refractivity contribution in [2.75, 3.05) is 18.5 Å². The lowest BCUT2D eigenvalue weighted by Gasteiger charge is -2.21. The van der Waals surface area contributed by atoms with E-state index in [0.717, 1.165) is 24.3 Å². The highest BCUT2D eigenvalue weighted by Crippen LogP contribution is 2.20.